The molecule has 0 aliphatic carbocycles. The molecular weight excluding hydrogens is 349 g/mol. The van der Waals surface area contributed by atoms with Crippen molar-refractivity contribution >= 4 is 34.9 Å². The largest absolute Gasteiger partial charge is 0.379 e. The Labute approximate surface area is 146 Å². The molecule has 0 bridgehead atoms. The Hall–Kier alpha value is -0.830. The van der Waals surface area contributed by atoms with Crippen LogP contribution in [-0.4, -0.2) is 92.3 Å². The van der Waals surface area contributed by atoms with Gasteiger partial charge in [0.05, 0.1) is 39.0 Å². The lowest BCUT2D eigenvalue weighted by molar-refractivity contribution is 0.0539. The third-order valence-corrected chi connectivity index (χ3v) is 8.63. The summed E-state index contributed by atoms with van der Waals surface area (Å²) in [6.45, 7) is 5.12. The first kappa shape index (κ1) is 18.0. The fourth-order valence-corrected chi connectivity index (χ4v) is 7.17. The van der Waals surface area contributed by atoms with Crippen LogP contribution in [0.5, 0.6) is 0 Å². The number of ether oxygens (including phenoxy) is 2. The summed E-state index contributed by atoms with van der Waals surface area (Å²) in [4.78, 5) is 10.5. The minimum atomic E-state index is -2.87. The van der Waals surface area contributed by atoms with Crippen molar-refractivity contribution in [1.82, 2.24) is 19.2 Å². The van der Waals surface area contributed by atoms with Crippen LogP contribution in [0.3, 0.4) is 0 Å². The first-order chi connectivity index (χ1) is 11.6. The van der Waals surface area contributed by atoms with Gasteiger partial charge in [0.25, 0.3) is 7.44 Å². The van der Waals surface area contributed by atoms with E-state index in [9.17, 15) is 4.57 Å². The summed E-state index contributed by atoms with van der Waals surface area (Å²) in [5.74, 6) is 0. The Bertz CT molecular complexity index is 589. The Balaban J connectivity index is 1.90. The second-order valence-corrected chi connectivity index (χ2v) is 9.88. The zero-order chi connectivity index (χ0) is 17.0. The monoisotopic (exact) mass is 373 g/mol. The molecule has 0 aromatic carbocycles. The van der Waals surface area contributed by atoms with E-state index >= 15 is 0 Å². The molecule has 134 valence electrons. The van der Waals surface area contributed by atoms with Crippen molar-refractivity contribution in [3.8, 4) is 0 Å². The Morgan fingerprint density at radius 2 is 1.71 bits per heavy atom. The number of aromatic nitrogens is 1. The molecule has 24 heavy (non-hydrogen) atoms. The van der Waals surface area contributed by atoms with E-state index in [-0.39, 0.29) is 0 Å². The van der Waals surface area contributed by atoms with Crippen LogP contribution in [0.15, 0.2) is 11.2 Å². The molecule has 2 saturated heterocycles. The Morgan fingerprint density at radius 1 is 1.17 bits per heavy atom. The molecule has 0 spiro atoms. The average Bonchev–Trinajstić information content (AvgIpc) is 3.10. The minimum absolute atomic E-state index is 0.610. The molecule has 3 heterocycles. The summed E-state index contributed by atoms with van der Waals surface area (Å²) >= 11 is 1.41. The summed E-state index contributed by atoms with van der Waals surface area (Å²) in [6, 6.07) is 0. The standard InChI is InChI=1S/C14H24N5O3PS/c1-17(2)12-16-14-15-11-13(24-14)23(20,18-3-7-21-8-4-18)19-5-9-22-10-6-19/h11-12H,3-10H2,1-2H3/b16-12+. The molecule has 0 atom stereocenters. The van der Waals surface area contributed by atoms with Crippen molar-refractivity contribution in [1.29, 1.82) is 0 Å². The molecule has 2 aliphatic rings. The maximum Gasteiger partial charge on any atom is 0.257 e. The van der Waals surface area contributed by atoms with Gasteiger partial charge >= 0.3 is 0 Å². The van der Waals surface area contributed by atoms with Crippen LogP contribution >= 0.6 is 18.8 Å². The number of aliphatic imine (C=N–C) groups is 1. The molecule has 0 amide bonds. The highest BCUT2D eigenvalue weighted by molar-refractivity contribution is 7.73. The molecule has 3 rings (SSSR count). The van der Waals surface area contributed by atoms with Crippen LogP contribution in [0.1, 0.15) is 0 Å². The summed E-state index contributed by atoms with van der Waals surface area (Å²) in [5.41, 5.74) is 0. The number of rotatable bonds is 5. The molecule has 0 unspecified atom stereocenters. The van der Waals surface area contributed by atoms with Crippen LogP contribution < -0.4 is 4.62 Å². The van der Waals surface area contributed by atoms with Crippen molar-refractivity contribution in [3.05, 3.63) is 6.20 Å². The second-order valence-electron chi connectivity index (χ2n) is 5.87. The first-order valence-corrected chi connectivity index (χ1v) is 10.5. The lowest BCUT2D eigenvalue weighted by Gasteiger charge is -2.41. The van der Waals surface area contributed by atoms with Crippen LogP contribution in [-0.2, 0) is 14.0 Å². The maximum atomic E-state index is 14.1. The van der Waals surface area contributed by atoms with Crippen molar-refractivity contribution in [2.75, 3.05) is 66.7 Å². The van der Waals surface area contributed by atoms with Crippen molar-refractivity contribution in [2.24, 2.45) is 4.99 Å². The summed E-state index contributed by atoms with van der Waals surface area (Å²) in [6.07, 6.45) is 3.43. The highest BCUT2D eigenvalue weighted by atomic mass is 32.1. The average molecular weight is 373 g/mol. The molecular formula is C14H24N5O3PS. The predicted octanol–water partition coefficient (Wildman–Crippen LogP) is 0.847. The smallest absolute Gasteiger partial charge is 0.257 e. The summed E-state index contributed by atoms with van der Waals surface area (Å²) < 4.78 is 29.9. The van der Waals surface area contributed by atoms with Gasteiger partial charge in [-0.25, -0.2) is 19.3 Å². The summed E-state index contributed by atoms with van der Waals surface area (Å²) in [5, 5.41) is 0.625. The van der Waals surface area contributed by atoms with Gasteiger partial charge in [-0.05, 0) is 0 Å². The molecule has 8 nitrogen and oxygen atoms in total. The van der Waals surface area contributed by atoms with Crippen molar-refractivity contribution in [2.45, 2.75) is 0 Å². The Kier molecular flexibility index (Phi) is 6.02. The van der Waals surface area contributed by atoms with E-state index < -0.39 is 7.44 Å². The van der Waals surface area contributed by atoms with E-state index in [0.29, 0.717) is 57.7 Å². The van der Waals surface area contributed by atoms with Gasteiger partial charge in [0, 0.05) is 40.3 Å². The molecule has 2 fully saturated rings. The topological polar surface area (TPSA) is 70.5 Å². The zero-order valence-corrected chi connectivity index (χ0v) is 15.8. The predicted molar refractivity (Wildman–Crippen MR) is 96.0 cm³/mol. The fourth-order valence-electron chi connectivity index (χ4n) is 2.72. The van der Waals surface area contributed by atoms with Crippen molar-refractivity contribution < 1.29 is 14.0 Å². The molecule has 2 aliphatic heterocycles. The number of nitrogens with zero attached hydrogens (tertiary/aromatic N) is 5. The normalized spacial score (nSPS) is 21.4. The third-order valence-electron chi connectivity index (χ3n) is 3.91. The lowest BCUT2D eigenvalue weighted by Crippen LogP contribution is -2.45. The third kappa shape index (κ3) is 3.87. The number of hydrogen-bond acceptors (Lipinski definition) is 6. The molecule has 1 aromatic rings. The van der Waals surface area contributed by atoms with Gasteiger partial charge in [-0.3, -0.25) is 4.57 Å². The van der Waals surface area contributed by atoms with Crippen LogP contribution in [0, 0.1) is 0 Å². The van der Waals surface area contributed by atoms with Gasteiger partial charge in [0.15, 0.2) is 0 Å². The van der Waals surface area contributed by atoms with E-state index in [2.05, 4.69) is 19.3 Å². The first-order valence-electron chi connectivity index (χ1n) is 8.04. The van der Waals surface area contributed by atoms with Crippen LogP contribution in [0.25, 0.3) is 0 Å². The van der Waals surface area contributed by atoms with Gasteiger partial charge in [-0.15, -0.1) is 0 Å². The molecule has 0 N–H and O–H groups in total. The second kappa shape index (κ2) is 8.03. The lowest BCUT2D eigenvalue weighted by atomic mass is 10.5. The molecule has 1 aromatic heterocycles. The fraction of sp³-hybridized carbons (Fsp3) is 0.714. The Morgan fingerprint density at radius 3 is 2.21 bits per heavy atom. The number of morpholine rings is 2. The van der Waals surface area contributed by atoms with Gasteiger partial charge < -0.3 is 14.4 Å². The zero-order valence-electron chi connectivity index (χ0n) is 14.1. The number of thiazole rings is 1. The molecule has 0 saturated carbocycles. The van der Waals surface area contributed by atoms with Gasteiger partial charge in [0.1, 0.15) is 4.62 Å². The molecule has 10 heteroatoms. The van der Waals surface area contributed by atoms with E-state index in [0.717, 1.165) is 4.62 Å². The SMILES string of the molecule is CN(C)/C=N/c1ncc(P(=O)(N2CCOCC2)N2CCOCC2)s1. The minimum Gasteiger partial charge on any atom is -0.379 e. The number of hydrogen-bond donors (Lipinski definition) is 0. The van der Waals surface area contributed by atoms with Gasteiger partial charge in [0.2, 0.25) is 5.13 Å². The highest BCUT2D eigenvalue weighted by Gasteiger charge is 2.42. The van der Waals surface area contributed by atoms with E-state index in [1.165, 1.54) is 11.3 Å². The van der Waals surface area contributed by atoms with E-state index in [1.54, 1.807) is 12.5 Å². The van der Waals surface area contributed by atoms with Gasteiger partial charge in [-0.2, -0.15) is 0 Å². The quantitative estimate of drug-likeness (QED) is 0.430. The maximum absolute atomic E-state index is 14.1. The van der Waals surface area contributed by atoms with E-state index in [4.69, 9.17) is 9.47 Å². The molecule has 0 radical (unpaired) electrons. The van der Waals surface area contributed by atoms with Crippen LogP contribution in [0.4, 0.5) is 5.13 Å². The van der Waals surface area contributed by atoms with Crippen LogP contribution in [0.2, 0.25) is 0 Å². The highest BCUT2D eigenvalue weighted by Crippen LogP contribution is 2.54. The van der Waals surface area contributed by atoms with Crippen molar-refractivity contribution in [3.63, 3.8) is 0 Å². The van der Waals surface area contributed by atoms with Gasteiger partial charge in [-0.1, -0.05) is 11.3 Å². The van der Waals surface area contributed by atoms with E-state index in [1.807, 2.05) is 19.0 Å². The summed E-state index contributed by atoms with van der Waals surface area (Å²) in [7, 11) is 0.940.